The molecular formula is C34H36FN3O6S. The van der Waals surface area contributed by atoms with Crippen molar-refractivity contribution < 1.29 is 31.9 Å². The summed E-state index contributed by atoms with van der Waals surface area (Å²) in [5.41, 5.74) is 1.53. The van der Waals surface area contributed by atoms with E-state index in [1.54, 1.807) is 31.2 Å². The number of methoxy groups -OCH3 is 2. The van der Waals surface area contributed by atoms with Gasteiger partial charge in [0.1, 0.15) is 18.4 Å². The highest BCUT2D eigenvalue weighted by atomic mass is 32.2. The van der Waals surface area contributed by atoms with Crippen LogP contribution in [0.1, 0.15) is 18.1 Å². The first-order valence-corrected chi connectivity index (χ1v) is 15.8. The summed E-state index contributed by atoms with van der Waals surface area (Å²) in [6, 6.07) is 26.1. The van der Waals surface area contributed by atoms with E-state index in [1.165, 1.54) is 67.7 Å². The summed E-state index contributed by atoms with van der Waals surface area (Å²) in [5, 5.41) is 2.81. The van der Waals surface area contributed by atoms with Crippen molar-refractivity contribution >= 4 is 27.5 Å². The first-order valence-electron chi connectivity index (χ1n) is 14.3. The molecule has 4 aromatic rings. The Kier molecular flexibility index (Phi) is 11.2. The maximum absolute atomic E-state index is 14.4. The van der Waals surface area contributed by atoms with Crippen LogP contribution in [0.4, 0.5) is 10.1 Å². The molecule has 11 heteroatoms. The van der Waals surface area contributed by atoms with Crippen molar-refractivity contribution in [3.8, 4) is 11.5 Å². The van der Waals surface area contributed by atoms with Gasteiger partial charge in [0.2, 0.25) is 11.8 Å². The van der Waals surface area contributed by atoms with Crippen molar-refractivity contribution in [2.24, 2.45) is 0 Å². The average Bonchev–Trinajstić information content (AvgIpc) is 3.06. The number of nitrogens with zero attached hydrogens (tertiary/aromatic N) is 2. The van der Waals surface area contributed by atoms with E-state index in [0.717, 1.165) is 9.87 Å². The highest BCUT2D eigenvalue weighted by molar-refractivity contribution is 7.92. The Hall–Kier alpha value is -4.90. The van der Waals surface area contributed by atoms with Gasteiger partial charge in [-0.25, -0.2) is 12.8 Å². The SMILES string of the molecule is CCNC(=O)C(Cc1ccccc1)N(Cc1ccc(F)cc1)C(=O)CN(c1ccc(OC)c(OC)c1)S(=O)(=O)c1ccccc1. The van der Waals surface area contributed by atoms with Crippen molar-refractivity contribution in [3.05, 3.63) is 120 Å². The number of sulfonamides is 1. The molecule has 45 heavy (non-hydrogen) atoms. The molecule has 0 spiro atoms. The van der Waals surface area contributed by atoms with Crippen LogP contribution in [0.2, 0.25) is 0 Å². The molecule has 0 aliphatic carbocycles. The first-order chi connectivity index (χ1) is 21.7. The molecule has 0 bridgehead atoms. The molecule has 4 rings (SSSR count). The Bertz CT molecular complexity index is 1690. The molecule has 4 aromatic carbocycles. The van der Waals surface area contributed by atoms with E-state index in [0.29, 0.717) is 17.9 Å². The third-order valence-corrected chi connectivity index (χ3v) is 8.94. The number of halogens is 1. The lowest BCUT2D eigenvalue weighted by Gasteiger charge is -2.34. The monoisotopic (exact) mass is 633 g/mol. The van der Waals surface area contributed by atoms with Gasteiger partial charge in [0.25, 0.3) is 10.0 Å². The summed E-state index contributed by atoms with van der Waals surface area (Å²) in [5.74, 6) is -0.846. The van der Waals surface area contributed by atoms with Crippen LogP contribution in [-0.2, 0) is 32.6 Å². The van der Waals surface area contributed by atoms with E-state index in [1.807, 2.05) is 30.3 Å². The van der Waals surface area contributed by atoms with Gasteiger partial charge in [0, 0.05) is 25.6 Å². The van der Waals surface area contributed by atoms with Crippen molar-refractivity contribution in [1.29, 1.82) is 0 Å². The molecule has 2 amide bonds. The van der Waals surface area contributed by atoms with Crippen LogP contribution < -0.4 is 19.1 Å². The second-order valence-corrected chi connectivity index (χ2v) is 12.0. The second-order valence-electron chi connectivity index (χ2n) is 10.1. The number of hydrogen-bond acceptors (Lipinski definition) is 6. The molecule has 1 atom stereocenters. The number of hydrogen-bond donors (Lipinski definition) is 1. The first kappa shape index (κ1) is 33.0. The zero-order valence-corrected chi connectivity index (χ0v) is 26.2. The number of benzene rings is 4. The molecule has 0 saturated heterocycles. The van der Waals surface area contributed by atoms with Crippen LogP contribution >= 0.6 is 0 Å². The largest absolute Gasteiger partial charge is 0.493 e. The lowest BCUT2D eigenvalue weighted by molar-refractivity contribution is -0.140. The predicted molar refractivity (Wildman–Crippen MR) is 170 cm³/mol. The number of amides is 2. The summed E-state index contributed by atoms with van der Waals surface area (Å²) in [6.07, 6.45) is 0.168. The fourth-order valence-electron chi connectivity index (χ4n) is 4.86. The molecule has 0 aliphatic rings. The molecule has 9 nitrogen and oxygen atoms in total. The lowest BCUT2D eigenvalue weighted by Crippen LogP contribution is -2.53. The number of rotatable bonds is 14. The standard InChI is InChI=1S/C34H36FN3O6S/c1-4-36-34(40)30(21-25-11-7-5-8-12-25)37(23-26-15-17-27(35)18-16-26)33(39)24-38(45(41,42)29-13-9-6-10-14-29)28-19-20-31(43-2)32(22-28)44-3/h5-20,22,30H,4,21,23-24H2,1-3H3,(H,36,40). The van der Waals surface area contributed by atoms with E-state index < -0.39 is 40.2 Å². The molecule has 0 aromatic heterocycles. The van der Waals surface area contributed by atoms with Crippen LogP contribution in [0, 0.1) is 5.82 Å². The van der Waals surface area contributed by atoms with E-state index in [-0.39, 0.29) is 29.3 Å². The molecule has 236 valence electrons. The Morgan fingerprint density at radius 1 is 0.822 bits per heavy atom. The molecular weight excluding hydrogens is 597 g/mol. The van der Waals surface area contributed by atoms with E-state index >= 15 is 0 Å². The number of anilines is 1. The van der Waals surface area contributed by atoms with Gasteiger partial charge in [-0.3, -0.25) is 13.9 Å². The van der Waals surface area contributed by atoms with Gasteiger partial charge in [-0.2, -0.15) is 0 Å². The molecule has 0 heterocycles. The molecule has 1 N–H and O–H groups in total. The molecule has 1 unspecified atom stereocenters. The Labute approximate surface area is 263 Å². The lowest BCUT2D eigenvalue weighted by atomic mass is 10.0. The molecule has 0 aliphatic heterocycles. The van der Waals surface area contributed by atoms with Gasteiger partial charge in [-0.05, 0) is 54.4 Å². The summed E-state index contributed by atoms with van der Waals surface area (Å²) in [4.78, 5) is 29.3. The number of ether oxygens (including phenoxy) is 2. The maximum atomic E-state index is 14.4. The number of carbonyl (C=O) groups is 2. The summed E-state index contributed by atoms with van der Waals surface area (Å²) in [6.45, 7) is 1.38. The molecule has 0 fully saturated rings. The molecule has 0 saturated carbocycles. The summed E-state index contributed by atoms with van der Waals surface area (Å²) >= 11 is 0. The van der Waals surface area contributed by atoms with Crippen LogP contribution in [0.15, 0.2) is 108 Å². The number of likely N-dealkylation sites (N-methyl/N-ethyl adjacent to an activating group) is 1. The van der Waals surface area contributed by atoms with Crippen LogP contribution in [-0.4, -0.2) is 58.5 Å². The highest BCUT2D eigenvalue weighted by Crippen LogP contribution is 2.34. The van der Waals surface area contributed by atoms with Crippen molar-refractivity contribution in [2.75, 3.05) is 31.6 Å². The Morgan fingerprint density at radius 3 is 2.04 bits per heavy atom. The van der Waals surface area contributed by atoms with Crippen molar-refractivity contribution in [2.45, 2.75) is 30.8 Å². The summed E-state index contributed by atoms with van der Waals surface area (Å²) < 4.78 is 53.7. The zero-order valence-electron chi connectivity index (χ0n) is 25.4. The van der Waals surface area contributed by atoms with Crippen molar-refractivity contribution in [1.82, 2.24) is 10.2 Å². The van der Waals surface area contributed by atoms with Gasteiger partial charge in [0.05, 0.1) is 24.8 Å². The number of nitrogens with one attached hydrogen (secondary N) is 1. The van der Waals surface area contributed by atoms with Crippen LogP contribution in [0.3, 0.4) is 0 Å². The Morgan fingerprint density at radius 2 is 1.44 bits per heavy atom. The van der Waals surface area contributed by atoms with Gasteiger partial charge in [0.15, 0.2) is 11.5 Å². The van der Waals surface area contributed by atoms with Crippen LogP contribution in [0.25, 0.3) is 0 Å². The third-order valence-electron chi connectivity index (χ3n) is 7.15. The van der Waals surface area contributed by atoms with Crippen LogP contribution in [0.5, 0.6) is 11.5 Å². The average molecular weight is 634 g/mol. The normalized spacial score (nSPS) is 11.7. The third kappa shape index (κ3) is 8.18. The van der Waals surface area contributed by atoms with Gasteiger partial charge in [-0.15, -0.1) is 0 Å². The predicted octanol–water partition coefficient (Wildman–Crippen LogP) is 4.81. The smallest absolute Gasteiger partial charge is 0.264 e. The fourth-order valence-corrected chi connectivity index (χ4v) is 6.29. The van der Waals surface area contributed by atoms with Gasteiger partial charge >= 0.3 is 0 Å². The van der Waals surface area contributed by atoms with Gasteiger partial charge < -0.3 is 19.7 Å². The maximum Gasteiger partial charge on any atom is 0.264 e. The topological polar surface area (TPSA) is 105 Å². The van der Waals surface area contributed by atoms with E-state index in [4.69, 9.17) is 9.47 Å². The Balaban J connectivity index is 1.82. The fraction of sp³-hybridized carbons (Fsp3) is 0.235. The molecule has 0 radical (unpaired) electrons. The van der Waals surface area contributed by atoms with Gasteiger partial charge in [-0.1, -0.05) is 60.7 Å². The zero-order chi connectivity index (χ0) is 32.4. The van der Waals surface area contributed by atoms with Crippen molar-refractivity contribution in [3.63, 3.8) is 0 Å². The minimum atomic E-state index is -4.28. The minimum Gasteiger partial charge on any atom is -0.493 e. The number of carbonyl (C=O) groups excluding carboxylic acids is 2. The summed E-state index contributed by atoms with van der Waals surface area (Å²) in [7, 11) is -1.40. The quantitative estimate of drug-likeness (QED) is 0.214. The van der Waals surface area contributed by atoms with E-state index in [2.05, 4.69) is 5.32 Å². The minimum absolute atomic E-state index is 0.0257. The van der Waals surface area contributed by atoms with E-state index in [9.17, 15) is 22.4 Å². The highest BCUT2D eigenvalue weighted by Gasteiger charge is 2.34. The second kappa shape index (κ2) is 15.2.